The standard InChI is InChI=1S/C10H15NO4/c1-7-10(9(13)14,4-5-15-7)11(6-12)8-2-3-8/h6-8H,2-5H2,1H3,(H,13,14). The second-order valence-corrected chi connectivity index (χ2v) is 4.24. The van der Waals surface area contributed by atoms with E-state index < -0.39 is 17.6 Å². The summed E-state index contributed by atoms with van der Waals surface area (Å²) >= 11 is 0. The van der Waals surface area contributed by atoms with Gasteiger partial charge in [-0.15, -0.1) is 0 Å². The number of rotatable bonds is 4. The summed E-state index contributed by atoms with van der Waals surface area (Å²) in [6.07, 6.45) is 2.43. The highest BCUT2D eigenvalue weighted by Gasteiger charge is 2.56. The summed E-state index contributed by atoms with van der Waals surface area (Å²) in [6.45, 7) is 2.13. The van der Waals surface area contributed by atoms with Crippen LogP contribution in [0, 0.1) is 0 Å². The van der Waals surface area contributed by atoms with E-state index >= 15 is 0 Å². The molecular formula is C10H15NO4. The zero-order chi connectivity index (χ0) is 11.1. The molecule has 2 atom stereocenters. The Hall–Kier alpha value is -1.10. The minimum Gasteiger partial charge on any atom is -0.479 e. The van der Waals surface area contributed by atoms with Crippen LogP contribution in [0.5, 0.6) is 0 Å². The van der Waals surface area contributed by atoms with Crippen LogP contribution in [0.4, 0.5) is 0 Å². The van der Waals surface area contributed by atoms with Crippen LogP contribution in [0.1, 0.15) is 26.2 Å². The minimum absolute atomic E-state index is 0.0998. The van der Waals surface area contributed by atoms with Crippen LogP contribution in [-0.2, 0) is 14.3 Å². The van der Waals surface area contributed by atoms with Crippen LogP contribution in [0.25, 0.3) is 0 Å². The van der Waals surface area contributed by atoms with E-state index in [4.69, 9.17) is 4.74 Å². The van der Waals surface area contributed by atoms with E-state index in [1.807, 2.05) is 0 Å². The highest BCUT2D eigenvalue weighted by Crippen LogP contribution is 2.39. The van der Waals surface area contributed by atoms with Gasteiger partial charge in [-0.05, 0) is 19.8 Å². The lowest BCUT2D eigenvalue weighted by Crippen LogP contribution is -2.59. The Balaban J connectivity index is 2.31. The van der Waals surface area contributed by atoms with Gasteiger partial charge in [0.25, 0.3) is 0 Å². The van der Waals surface area contributed by atoms with Gasteiger partial charge in [0.15, 0.2) is 5.54 Å². The Morgan fingerprint density at radius 2 is 2.27 bits per heavy atom. The fourth-order valence-electron chi connectivity index (χ4n) is 2.32. The third-order valence-electron chi connectivity index (χ3n) is 3.41. The van der Waals surface area contributed by atoms with Crippen molar-refractivity contribution in [2.75, 3.05) is 6.61 Å². The smallest absolute Gasteiger partial charge is 0.332 e. The summed E-state index contributed by atoms with van der Waals surface area (Å²) in [5.41, 5.74) is -1.14. The number of amides is 1. The minimum atomic E-state index is -1.14. The third kappa shape index (κ3) is 1.42. The Morgan fingerprint density at radius 1 is 1.60 bits per heavy atom. The fourth-order valence-corrected chi connectivity index (χ4v) is 2.32. The second-order valence-electron chi connectivity index (χ2n) is 4.24. The van der Waals surface area contributed by atoms with E-state index in [1.165, 1.54) is 4.90 Å². The average Bonchev–Trinajstić information content (AvgIpc) is 2.93. The van der Waals surface area contributed by atoms with Crippen LogP contribution in [-0.4, -0.2) is 46.7 Å². The van der Waals surface area contributed by atoms with Crippen molar-refractivity contribution in [2.45, 2.75) is 43.9 Å². The van der Waals surface area contributed by atoms with E-state index in [0.29, 0.717) is 19.4 Å². The molecule has 0 aromatic rings. The summed E-state index contributed by atoms with van der Waals surface area (Å²) in [4.78, 5) is 23.9. The molecule has 1 aliphatic heterocycles. The predicted octanol–water partition coefficient (Wildman–Crippen LogP) is 0.239. The van der Waals surface area contributed by atoms with Crippen molar-refractivity contribution in [3.63, 3.8) is 0 Å². The Morgan fingerprint density at radius 3 is 2.60 bits per heavy atom. The van der Waals surface area contributed by atoms with Crippen molar-refractivity contribution >= 4 is 12.4 Å². The van der Waals surface area contributed by atoms with Crippen molar-refractivity contribution < 1.29 is 19.4 Å². The molecule has 5 heteroatoms. The fraction of sp³-hybridized carbons (Fsp3) is 0.800. The largest absolute Gasteiger partial charge is 0.479 e. The monoisotopic (exact) mass is 213 g/mol. The van der Waals surface area contributed by atoms with E-state index in [2.05, 4.69) is 0 Å². The first-order valence-corrected chi connectivity index (χ1v) is 5.21. The molecule has 0 aromatic carbocycles. The molecule has 2 unspecified atom stereocenters. The maximum atomic E-state index is 11.4. The molecule has 1 saturated carbocycles. The maximum absolute atomic E-state index is 11.4. The highest BCUT2D eigenvalue weighted by atomic mass is 16.5. The lowest BCUT2D eigenvalue weighted by atomic mass is 9.90. The molecule has 84 valence electrons. The highest BCUT2D eigenvalue weighted by molar-refractivity contribution is 5.83. The van der Waals surface area contributed by atoms with E-state index in [1.54, 1.807) is 6.92 Å². The van der Waals surface area contributed by atoms with Crippen LogP contribution in [0.3, 0.4) is 0 Å². The van der Waals surface area contributed by atoms with Crippen LogP contribution >= 0.6 is 0 Å². The van der Waals surface area contributed by atoms with Gasteiger partial charge in [0.1, 0.15) is 0 Å². The summed E-state index contributed by atoms with van der Waals surface area (Å²) in [6, 6.07) is 0.0998. The van der Waals surface area contributed by atoms with Crippen LogP contribution in [0.2, 0.25) is 0 Å². The van der Waals surface area contributed by atoms with Crippen molar-refractivity contribution in [3.8, 4) is 0 Å². The van der Waals surface area contributed by atoms with Crippen LogP contribution in [0.15, 0.2) is 0 Å². The molecule has 0 spiro atoms. The number of hydrogen-bond donors (Lipinski definition) is 1. The molecule has 2 fully saturated rings. The molecule has 15 heavy (non-hydrogen) atoms. The Kier molecular flexibility index (Phi) is 2.42. The summed E-state index contributed by atoms with van der Waals surface area (Å²) in [5, 5.41) is 9.33. The second kappa shape index (κ2) is 3.48. The molecule has 2 aliphatic rings. The van der Waals surface area contributed by atoms with Gasteiger partial charge in [-0.25, -0.2) is 4.79 Å². The number of carboxylic acids is 1. The molecular weight excluding hydrogens is 198 g/mol. The molecule has 2 rings (SSSR count). The normalized spacial score (nSPS) is 35.1. The number of carbonyl (C=O) groups excluding carboxylic acids is 1. The van der Waals surface area contributed by atoms with Gasteiger partial charge in [-0.1, -0.05) is 0 Å². The van der Waals surface area contributed by atoms with Gasteiger partial charge in [0.05, 0.1) is 6.10 Å². The Labute approximate surface area is 88.0 Å². The zero-order valence-electron chi connectivity index (χ0n) is 8.68. The summed E-state index contributed by atoms with van der Waals surface area (Å²) in [5.74, 6) is -0.952. The summed E-state index contributed by atoms with van der Waals surface area (Å²) in [7, 11) is 0. The van der Waals surface area contributed by atoms with Gasteiger partial charge in [-0.2, -0.15) is 0 Å². The molecule has 1 N–H and O–H groups in total. The van der Waals surface area contributed by atoms with E-state index in [9.17, 15) is 14.7 Å². The quantitative estimate of drug-likeness (QED) is 0.679. The van der Waals surface area contributed by atoms with Gasteiger partial charge in [-0.3, -0.25) is 4.79 Å². The average molecular weight is 213 g/mol. The molecule has 5 nitrogen and oxygen atoms in total. The first-order valence-electron chi connectivity index (χ1n) is 5.21. The number of carbonyl (C=O) groups is 2. The first-order chi connectivity index (χ1) is 7.13. The van der Waals surface area contributed by atoms with Crippen molar-refractivity contribution in [1.29, 1.82) is 0 Å². The predicted molar refractivity (Wildman–Crippen MR) is 51.3 cm³/mol. The topological polar surface area (TPSA) is 66.8 Å². The van der Waals surface area contributed by atoms with Crippen molar-refractivity contribution in [3.05, 3.63) is 0 Å². The lowest BCUT2D eigenvalue weighted by Gasteiger charge is -2.37. The van der Waals surface area contributed by atoms with Gasteiger partial charge >= 0.3 is 5.97 Å². The first kappa shape index (κ1) is 10.4. The van der Waals surface area contributed by atoms with Gasteiger partial charge in [0, 0.05) is 19.1 Å². The molecule has 1 amide bonds. The van der Waals surface area contributed by atoms with Crippen molar-refractivity contribution in [2.24, 2.45) is 0 Å². The molecule has 0 aromatic heterocycles. The number of nitrogens with zero attached hydrogens (tertiary/aromatic N) is 1. The molecule has 1 heterocycles. The third-order valence-corrected chi connectivity index (χ3v) is 3.41. The maximum Gasteiger partial charge on any atom is 0.332 e. The van der Waals surface area contributed by atoms with Crippen LogP contribution < -0.4 is 0 Å². The SMILES string of the molecule is CC1OCCC1(C(=O)O)N(C=O)C1CC1. The Bertz CT molecular complexity index is 289. The molecule has 1 aliphatic carbocycles. The molecule has 0 bridgehead atoms. The van der Waals surface area contributed by atoms with E-state index in [0.717, 1.165) is 12.8 Å². The van der Waals surface area contributed by atoms with Gasteiger partial charge < -0.3 is 14.7 Å². The lowest BCUT2D eigenvalue weighted by molar-refractivity contribution is -0.159. The molecule has 0 radical (unpaired) electrons. The molecule has 1 saturated heterocycles. The summed E-state index contributed by atoms with van der Waals surface area (Å²) < 4.78 is 5.31. The van der Waals surface area contributed by atoms with Crippen molar-refractivity contribution in [1.82, 2.24) is 4.90 Å². The van der Waals surface area contributed by atoms with E-state index in [-0.39, 0.29) is 6.04 Å². The van der Waals surface area contributed by atoms with Gasteiger partial charge in [0.2, 0.25) is 6.41 Å². The number of ether oxygens (including phenoxy) is 1. The number of carboxylic acid groups (broad SMARTS) is 1. The number of aliphatic carboxylic acids is 1. The zero-order valence-corrected chi connectivity index (χ0v) is 8.68. The number of hydrogen-bond acceptors (Lipinski definition) is 3.